The highest BCUT2D eigenvalue weighted by molar-refractivity contribution is 6.07. The molecule has 2 aliphatic rings. The van der Waals surface area contributed by atoms with Gasteiger partial charge in [0.15, 0.2) is 17.3 Å². The van der Waals surface area contributed by atoms with Crippen LogP contribution in [0.1, 0.15) is 18.2 Å². The summed E-state index contributed by atoms with van der Waals surface area (Å²) in [5.74, 6) is 1.39. The van der Waals surface area contributed by atoms with E-state index < -0.39 is 11.6 Å². The molecule has 0 radical (unpaired) electrons. The minimum atomic E-state index is -1.21. The molecule has 2 aliphatic heterocycles. The Bertz CT molecular complexity index is 1130. The van der Waals surface area contributed by atoms with E-state index in [-0.39, 0.29) is 12.5 Å². The SMILES string of the molecule is CC1(c2ccc3c(c2)OCCO3)NC(=O)N(Cc2cc(-c3ccccc3)on2)C1=O. The number of imide groups is 1. The predicted molar refractivity (Wildman–Crippen MR) is 106 cm³/mol. The van der Waals surface area contributed by atoms with Crippen molar-refractivity contribution in [1.29, 1.82) is 0 Å². The molecule has 152 valence electrons. The molecule has 8 nitrogen and oxygen atoms in total. The Labute approximate surface area is 172 Å². The van der Waals surface area contributed by atoms with E-state index in [9.17, 15) is 9.59 Å². The maximum absolute atomic E-state index is 13.2. The fraction of sp³-hybridized carbons (Fsp3) is 0.227. The number of hydrogen-bond acceptors (Lipinski definition) is 6. The van der Waals surface area contributed by atoms with E-state index in [0.29, 0.717) is 41.7 Å². The lowest BCUT2D eigenvalue weighted by Crippen LogP contribution is -2.41. The Hall–Kier alpha value is -3.81. The number of aromatic nitrogens is 1. The van der Waals surface area contributed by atoms with Crippen molar-refractivity contribution in [2.75, 3.05) is 13.2 Å². The van der Waals surface area contributed by atoms with E-state index >= 15 is 0 Å². The van der Waals surface area contributed by atoms with Gasteiger partial charge in [-0.05, 0) is 24.6 Å². The maximum atomic E-state index is 13.2. The fourth-order valence-electron chi connectivity index (χ4n) is 3.68. The first kappa shape index (κ1) is 18.2. The second kappa shape index (κ2) is 6.91. The molecule has 8 heteroatoms. The van der Waals surface area contributed by atoms with Crippen molar-refractivity contribution in [2.45, 2.75) is 19.0 Å². The zero-order valence-electron chi connectivity index (χ0n) is 16.3. The quantitative estimate of drug-likeness (QED) is 0.671. The van der Waals surface area contributed by atoms with Gasteiger partial charge in [-0.1, -0.05) is 41.6 Å². The molecule has 3 aromatic rings. The van der Waals surface area contributed by atoms with E-state index in [1.165, 1.54) is 0 Å². The number of nitrogens with zero attached hydrogens (tertiary/aromatic N) is 2. The summed E-state index contributed by atoms with van der Waals surface area (Å²) in [6, 6.07) is 16.0. The van der Waals surface area contributed by atoms with Gasteiger partial charge in [0.25, 0.3) is 5.91 Å². The van der Waals surface area contributed by atoms with Gasteiger partial charge in [-0.25, -0.2) is 4.79 Å². The van der Waals surface area contributed by atoms with Crippen LogP contribution < -0.4 is 14.8 Å². The second-order valence-corrected chi connectivity index (χ2v) is 7.35. The van der Waals surface area contributed by atoms with Gasteiger partial charge in [-0.3, -0.25) is 9.69 Å². The first-order valence-corrected chi connectivity index (χ1v) is 9.60. The van der Waals surface area contributed by atoms with Gasteiger partial charge in [0.1, 0.15) is 24.4 Å². The third-order valence-corrected chi connectivity index (χ3v) is 5.33. The van der Waals surface area contributed by atoms with Crippen molar-refractivity contribution in [3.63, 3.8) is 0 Å². The highest BCUT2D eigenvalue weighted by Crippen LogP contribution is 2.37. The zero-order valence-corrected chi connectivity index (χ0v) is 16.3. The van der Waals surface area contributed by atoms with Crippen molar-refractivity contribution in [3.05, 3.63) is 65.9 Å². The minimum Gasteiger partial charge on any atom is -0.486 e. The predicted octanol–water partition coefficient (Wildman–Crippen LogP) is 3.08. The lowest BCUT2D eigenvalue weighted by Gasteiger charge is -2.25. The number of carbonyl (C=O) groups excluding carboxylic acids is 2. The summed E-state index contributed by atoms with van der Waals surface area (Å²) in [6.07, 6.45) is 0. The molecule has 30 heavy (non-hydrogen) atoms. The molecule has 1 aromatic heterocycles. The van der Waals surface area contributed by atoms with Crippen molar-refractivity contribution in [2.24, 2.45) is 0 Å². The van der Waals surface area contributed by atoms with Gasteiger partial charge < -0.3 is 19.3 Å². The molecule has 1 saturated heterocycles. The Morgan fingerprint density at radius 1 is 1.03 bits per heavy atom. The molecule has 1 unspecified atom stereocenters. The van der Waals surface area contributed by atoms with Crippen LogP contribution in [0.4, 0.5) is 4.79 Å². The van der Waals surface area contributed by atoms with E-state index in [1.54, 1.807) is 31.2 Å². The topological polar surface area (TPSA) is 93.9 Å². The summed E-state index contributed by atoms with van der Waals surface area (Å²) in [5, 5.41) is 6.81. The fourth-order valence-corrected chi connectivity index (χ4v) is 3.68. The number of urea groups is 1. The lowest BCUT2D eigenvalue weighted by atomic mass is 9.91. The molecule has 3 heterocycles. The third-order valence-electron chi connectivity index (χ3n) is 5.33. The molecule has 1 atom stereocenters. The average molecular weight is 405 g/mol. The van der Waals surface area contributed by atoms with Crippen molar-refractivity contribution < 1.29 is 23.6 Å². The second-order valence-electron chi connectivity index (χ2n) is 7.35. The summed E-state index contributed by atoms with van der Waals surface area (Å²) >= 11 is 0. The van der Waals surface area contributed by atoms with Crippen LogP contribution in [-0.4, -0.2) is 35.2 Å². The van der Waals surface area contributed by atoms with Gasteiger partial charge in [-0.2, -0.15) is 0 Å². The number of hydrogen-bond donors (Lipinski definition) is 1. The van der Waals surface area contributed by atoms with E-state index in [0.717, 1.165) is 10.5 Å². The van der Waals surface area contributed by atoms with Crippen LogP contribution in [0.15, 0.2) is 59.1 Å². The first-order valence-electron chi connectivity index (χ1n) is 9.60. The van der Waals surface area contributed by atoms with Gasteiger partial charge in [0, 0.05) is 11.6 Å². The van der Waals surface area contributed by atoms with Crippen molar-refractivity contribution in [1.82, 2.24) is 15.4 Å². The molecule has 1 fully saturated rings. The van der Waals surface area contributed by atoms with Crippen LogP contribution in [-0.2, 0) is 16.9 Å². The maximum Gasteiger partial charge on any atom is 0.325 e. The average Bonchev–Trinajstić information content (AvgIpc) is 3.33. The molecule has 2 aromatic carbocycles. The highest BCUT2D eigenvalue weighted by atomic mass is 16.6. The molecule has 1 N–H and O–H groups in total. The number of carbonyl (C=O) groups is 2. The largest absolute Gasteiger partial charge is 0.486 e. The molecule has 0 aliphatic carbocycles. The Morgan fingerprint density at radius 3 is 2.60 bits per heavy atom. The summed E-state index contributed by atoms with van der Waals surface area (Å²) in [5.41, 5.74) is 0.773. The summed E-state index contributed by atoms with van der Waals surface area (Å²) < 4.78 is 16.5. The van der Waals surface area contributed by atoms with E-state index in [1.807, 2.05) is 30.3 Å². The smallest absolute Gasteiger partial charge is 0.325 e. The number of ether oxygens (including phenoxy) is 2. The van der Waals surface area contributed by atoms with Gasteiger partial charge in [0.05, 0.1) is 6.54 Å². The summed E-state index contributed by atoms with van der Waals surface area (Å²) in [7, 11) is 0. The lowest BCUT2D eigenvalue weighted by molar-refractivity contribution is -0.131. The molecule has 0 saturated carbocycles. The number of amides is 3. The Balaban J connectivity index is 1.39. The summed E-state index contributed by atoms with van der Waals surface area (Å²) in [4.78, 5) is 27.0. The van der Waals surface area contributed by atoms with E-state index in [4.69, 9.17) is 14.0 Å². The van der Waals surface area contributed by atoms with Crippen LogP contribution >= 0.6 is 0 Å². The van der Waals surface area contributed by atoms with Gasteiger partial charge in [-0.15, -0.1) is 0 Å². The molecular weight excluding hydrogens is 386 g/mol. The highest BCUT2D eigenvalue weighted by Gasteiger charge is 2.49. The Kier molecular flexibility index (Phi) is 4.20. The number of rotatable bonds is 4. The van der Waals surface area contributed by atoms with Crippen LogP contribution in [0.2, 0.25) is 0 Å². The van der Waals surface area contributed by atoms with Crippen LogP contribution in [0.25, 0.3) is 11.3 Å². The van der Waals surface area contributed by atoms with E-state index in [2.05, 4.69) is 10.5 Å². The molecule has 0 spiro atoms. The van der Waals surface area contributed by atoms with Crippen LogP contribution in [0, 0.1) is 0 Å². The Morgan fingerprint density at radius 2 is 1.80 bits per heavy atom. The van der Waals surface area contributed by atoms with Crippen molar-refractivity contribution in [3.8, 4) is 22.8 Å². The molecule has 0 bridgehead atoms. The number of nitrogens with one attached hydrogen (secondary N) is 1. The normalized spacial score (nSPS) is 20.4. The molecular formula is C22H19N3O5. The monoisotopic (exact) mass is 405 g/mol. The summed E-state index contributed by atoms with van der Waals surface area (Å²) in [6.45, 7) is 2.61. The molecule has 5 rings (SSSR count). The molecule has 3 amide bonds. The number of benzene rings is 2. The first-order chi connectivity index (χ1) is 14.5. The number of fused-ring (bicyclic) bond motifs is 1. The van der Waals surface area contributed by atoms with Crippen LogP contribution in [0.5, 0.6) is 11.5 Å². The van der Waals surface area contributed by atoms with Crippen LogP contribution in [0.3, 0.4) is 0 Å². The minimum absolute atomic E-state index is 0.0150. The third kappa shape index (κ3) is 2.97. The van der Waals surface area contributed by atoms with Gasteiger partial charge >= 0.3 is 6.03 Å². The standard InChI is InChI=1S/C22H19N3O5/c1-22(15-7-8-17-19(11-15)29-10-9-28-17)20(26)25(21(27)23-22)13-16-12-18(30-24-16)14-5-3-2-4-6-14/h2-8,11-12H,9-10,13H2,1H3,(H,23,27). The zero-order chi connectivity index (χ0) is 20.7. The van der Waals surface area contributed by atoms with Gasteiger partial charge in [0.2, 0.25) is 0 Å². The van der Waals surface area contributed by atoms with Crippen molar-refractivity contribution >= 4 is 11.9 Å².